The van der Waals surface area contributed by atoms with Crippen LogP contribution in [0.25, 0.3) is 10.9 Å². The summed E-state index contributed by atoms with van der Waals surface area (Å²) in [7, 11) is 0. The van der Waals surface area contributed by atoms with E-state index in [9.17, 15) is 9.59 Å². The minimum atomic E-state index is -2.75. The van der Waals surface area contributed by atoms with Gasteiger partial charge >= 0.3 is 0 Å². The molecule has 8 heteroatoms. The number of nitrogens with zero attached hydrogens (tertiary/aromatic N) is 4. The number of hydrogen-bond acceptors (Lipinski definition) is 6. The SMILES string of the molecule is [2H]C([2H])([2H])c1nn(C([2H])([2H])[2H])c2c(OCC)cc(C(=O)N3CCC4(CC3)CC(=O)c3nc(C(C)(C)C)sc3C4)cc12. The normalized spacial score (nSPS) is 21.0. The molecule has 3 heterocycles. The van der Waals surface area contributed by atoms with E-state index in [4.69, 9.17) is 13.0 Å². The number of Topliss-reactive ketones (excluding diaryl/α,β-unsaturated/α-hetero) is 1. The molecule has 1 spiro atoms. The molecule has 1 amide bonds. The van der Waals surface area contributed by atoms with Crippen molar-refractivity contribution >= 4 is 33.9 Å². The van der Waals surface area contributed by atoms with E-state index in [1.165, 1.54) is 12.1 Å². The molecule has 1 aliphatic carbocycles. The van der Waals surface area contributed by atoms with Crippen LogP contribution >= 0.6 is 11.3 Å². The average molecular weight is 501 g/mol. The summed E-state index contributed by atoms with van der Waals surface area (Å²) in [6, 6.07) is 2.87. The summed E-state index contributed by atoms with van der Waals surface area (Å²) in [5.41, 5.74) is 0.0651. The standard InChI is InChI=1S/C27H34N4O3S/c1-7-34-20-13-17(12-18-16(2)29-30(6)23(18)20)24(33)31-10-8-27(9-11-31)14-19(32)22-21(15-27)35-25(28-22)26(3,4)5/h12-13H,7-11,14-15H2,1-6H3/i2D3,6D3. The van der Waals surface area contributed by atoms with Crippen LogP contribution in [-0.4, -0.2) is 51.1 Å². The highest BCUT2D eigenvalue weighted by molar-refractivity contribution is 7.12. The number of fused-ring (bicyclic) bond motifs is 2. The fraction of sp³-hybridized carbons (Fsp3) is 0.556. The van der Waals surface area contributed by atoms with Crippen LogP contribution in [0.15, 0.2) is 12.1 Å². The summed E-state index contributed by atoms with van der Waals surface area (Å²) in [6.07, 6.45) is 2.49. The predicted octanol–water partition coefficient (Wildman–Crippen LogP) is 5.09. The predicted molar refractivity (Wildman–Crippen MR) is 138 cm³/mol. The third-order valence-electron chi connectivity index (χ3n) is 7.07. The summed E-state index contributed by atoms with van der Waals surface area (Å²) in [6.45, 7) is 3.59. The van der Waals surface area contributed by atoms with E-state index in [0.29, 0.717) is 42.7 Å². The summed E-state index contributed by atoms with van der Waals surface area (Å²) >= 11 is 1.61. The molecule has 1 aliphatic heterocycles. The van der Waals surface area contributed by atoms with Gasteiger partial charge < -0.3 is 9.64 Å². The van der Waals surface area contributed by atoms with Crippen molar-refractivity contribution in [2.75, 3.05) is 19.7 Å². The Balaban J connectivity index is 1.44. The fourth-order valence-corrected chi connectivity index (χ4v) is 6.47. The average Bonchev–Trinajstić information content (AvgIpc) is 3.47. The van der Waals surface area contributed by atoms with E-state index in [-0.39, 0.29) is 51.3 Å². The number of amides is 1. The van der Waals surface area contributed by atoms with E-state index < -0.39 is 19.5 Å². The molecule has 3 aromatic rings. The van der Waals surface area contributed by atoms with Crippen molar-refractivity contribution in [1.29, 1.82) is 0 Å². The number of piperidine rings is 1. The second-order valence-corrected chi connectivity index (χ2v) is 11.8. The highest BCUT2D eigenvalue weighted by atomic mass is 32.1. The number of benzene rings is 1. The van der Waals surface area contributed by atoms with Crippen molar-refractivity contribution in [3.8, 4) is 5.75 Å². The van der Waals surface area contributed by atoms with Crippen molar-refractivity contribution in [2.24, 2.45) is 12.4 Å². The lowest BCUT2D eigenvalue weighted by Crippen LogP contribution is -2.46. The van der Waals surface area contributed by atoms with Crippen molar-refractivity contribution < 1.29 is 22.6 Å². The number of aromatic nitrogens is 3. The summed E-state index contributed by atoms with van der Waals surface area (Å²) < 4.78 is 53.9. The van der Waals surface area contributed by atoms with Gasteiger partial charge in [-0.15, -0.1) is 11.3 Å². The van der Waals surface area contributed by atoms with Crippen molar-refractivity contribution in [3.63, 3.8) is 0 Å². The molecule has 1 fully saturated rings. The van der Waals surface area contributed by atoms with Gasteiger partial charge in [-0.2, -0.15) is 5.10 Å². The van der Waals surface area contributed by atoms with Crippen LogP contribution in [0.5, 0.6) is 5.75 Å². The molecule has 1 saturated heterocycles. The van der Waals surface area contributed by atoms with Gasteiger partial charge in [0.05, 0.1) is 17.3 Å². The summed E-state index contributed by atoms with van der Waals surface area (Å²) in [4.78, 5) is 34.2. The largest absolute Gasteiger partial charge is 0.492 e. The second-order valence-electron chi connectivity index (χ2n) is 10.7. The number of aryl methyl sites for hydroxylation is 2. The Morgan fingerprint density at radius 2 is 2.03 bits per heavy atom. The molecule has 0 atom stereocenters. The van der Waals surface area contributed by atoms with Crippen molar-refractivity contribution in [1.82, 2.24) is 19.7 Å². The Bertz CT molecular complexity index is 1520. The molecule has 0 unspecified atom stereocenters. The zero-order chi connectivity index (χ0) is 30.1. The van der Waals surface area contributed by atoms with Crippen LogP contribution in [0.1, 0.15) is 91.6 Å². The third-order valence-corrected chi connectivity index (χ3v) is 8.56. The van der Waals surface area contributed by atoms with E-state index in [1.807, 2.05) is 0 Å². The monoisotopic (exact) mass is 500 g/mol. The van der Waals surface area contributed by atoms with Crippen LogP contribution in [0, 0.1) is 12.3 Å². The number of thiazole rings is 1. The zero-order valence-electron chi connectivity index (χ0n) is 26.5. The van der Waals surface area contributed by atoms with Crippen LogP contribution in [0.2, 0.25) is 0 Å². The fourth-order valence-electron chi connectivity index (χ4n) is 5.16. The van der Waals surface area contributed by atoms with Gasteiger partial charge in [-0.05, 0) is 50.6 Å². The molecule has 186 valence electrons. The van der Waals surface area contributed by atoms with Gasteiger partial charge in [-0.3, -0.25) is 14.3 Å². The number of carbonyl (C=O) groups is 2. The zero-order valence-corrected chi connectivity index (χ0v) is 21.3. The molecule has 7 nitrogen and oxygen atoms in total. The van der Waals surface area contributed by atoms with Gasteiger partial charge in [-0.25, -0.2) is 4.98 Å². The Morgan fingerprint density at radius 3 is 2.69 bits per heavy atom. The minimum absolute atomic E-state index is 0.0165. The molecule has 2 aromatic heterocycles. The van der Waals surface area contributed by atoms with Crippen molar-refractivity contribution in [3.05, 3.63) is 39.0 Å². The molecule has 35 heavy (non-hydrogen) atoms. The maximum atomic E-state index is 13.7. The van der Waals surface area contributed by atoms with Crippen molar-refractivity contribution in [2.45, 2.75) is 65.6 Å². The number of ketones is 1. The number of ether oxygens (including phenoxy) is 1. The highest BCUT2D eigenvalue weighted by Gasteiger charge is 2.44. The molecule has 0 N–H and O–H groups in total. The van der Waals surface area contributed by atoms with Gasteiger partial charge in [0.1, 0.15) is 17.0 Å². The van der Waals surface area contributed by atoms with Gasteiger partial charge in [0.25, 0.3) is 5.91 Å². The maximum absolute atomic E-state index is 13.7. The number of likely N-dealkylation sites (tertiary alicyclic amines) is 1. The molecular weight excluding hydrogens is 460 g/mol. The second kappa shape index (κ2) is 8.43. The van der Waals surface area contributed by atoms with E-state index >= 15 is 0 Å². The molecule has 0 radical (unpaired) electrons. The molecule has 0 bridgehead atoms. The third kappa shape index (κ3) is 4.15. The van der Waals surface area contributed by atoms with Crippen LogP contribution in [0.4, 0.5) is 0 Å². The highest BCUT2D eigenvalue weighted by Crippen LogP contribution is 2.46. The number of rotatable bonds is 3. The first-order valence-electron chi connectivity index (χ1n) is 15.0. The number of hydrogen-bond donors (Lipinski definition) is 0. The van der Waals surface area contributed by atoms with Gasteiger partial charge in [-0.1, -0.05) is 20.8 Å². The first kappa shape index (κ1) is 17.7. The lowest BCUT2D eigenvalue weighted by atomic mass is 9.68. The lowest BCUT2D eigenvalue weighted by molar-refractivity contribution is 0.0522. The molecular formula is C27H34N4O3S. The Morgan fingerprint density at radius 1 is 1.26 bits per heavy atom. The van der Waals surface area contributed by atoms with E-state index in [1.54, 1.807) is 23.2 Å². The first-order chi connectivity index (χ1) is 18.9. The van der Waals surface area contributed by atoms with Gasteiger partial charge in [0.2, 0.25) is 0 Å². The molecule has 0 saturated carbocycles. The van der Waals surface area contributed by atoms with Gasteiger partial charge in [0, 0.05) is 56.0 Å². The van der Waals surface area contributed by atoms with Crippen LogP contribution in [-0.2, 0) is 18.8 Å². The lowest BCUT2D eigenvalue weighted by Gasteiger charge is -2.43. The topological polar surface area (TPSA) is 77.3 Å². The Hall–Kier alpha value is -2.74. The van der Waals surface area contributed by atoms with Crippen LogP contribution < -0.4 is 4.74 Å². The summed E-state index contributed by atoms with van der Waals surface area (Å²) in [5.74, 6) is -0.157. The smallest absolute Gasteiger partial charge is 0.254 e. The molecule has 2 aliphatic rings. The molecule has 5 rings (SSSR count). The first-order valence-corrected chi connectivity index (χ1v) is 12.8. The van der Waals surface area contributed by atoms with E-state index in [2.05, 4.69) is 30.9 Å². The Labute approximate surface area is 218 Å². The van der Waals surface area contributed by atoms with Gasteiger partial charge in [0.15, 0.2) is 5.78 Å². The quantitative estimate of drug-likeness (QED) is 0.501. The molecule has 1 aromatic carbocycles. The summed E-state index contributed by atoms with van der Waals surface area (Å²) in [5, 5.41) is 4.95. The van der Waals surface area contributed by atoms with E-state index in [0.717, 1.165) is 16.3 Å². The number of carbonyl (C=O) groups excluding carboxylic acids is 2. The van der Waals surface area contributed by atoms with Crippen LogP contribution in [0.3, 0.4) is 0 Å². The minimum Gasteiger partial charge on any atom is -0.492 e. The Kier molecular flexibility index (Phi) is 4.25. The maximum Gasteiger partial charge on any atom is 0.254 e.